The number of amides is 2. The summed E-state index contributed by atoms with van der Waals surface area (Å²) in [4.78, 5) is 26.7. The van der Waals surface area contributed by atoms with Crippen LogP contribution in [-0.2, 0) is 27.0 Å². The highest BCUT2D eigenvalue weighted by atomic mass is 19.4. The molecule has 0 radical (unpaired) electrons. The topological polar surface area (TPSA) is 64.4 Å². The predicted octanol–water partition coefficient (Wildman–Crippen LogP) is 2.62. The lowest BCUT2D eigenvalue weighted by Gasteiger charge is -2.15. The number of carbonyl (C=O) groups excluding carboxylic acids is 2. The summed E-state index contributed by atoms with van der Waals surface area (Å²) in [6.07, 6.45) is -0.333. The van der Waals surface area contributed by atoms with Crippen molar-refractivity contribution in [1.82, 2.24) is 9.78 Å². The second kappa shape index (κ2) is 5.91. The zero-order valence-corrected chi connectivity index (χ0v) is 14.6. The zero-order chi connectivity index (χ0) is 19.6. The first-order chi connectivity index (χ1) is 13.3. The Morgan fingerprint density at radius 2 is 1.79 bits per heavy atom. The Kier molecular flexibility index (Phi) is 3.67. The summed E-state index contributed by atoms with van der Waals surface area (Å²) in [5.41, 5.74) is 0.0354. The lowest BCUT2D eigenvalue weighted by atomic mass is 9.81. The van der Waals surface area contributed by atoms with Gasteiger partial charge in [-0.1, -0.05) is 12.1 Å². The molecule has 2 amide bonds. The first-order valence-corrected chi connectivity index (χ1v) is 9.05. The molecule has 4 atom stereocenters. The summed E-state index contributed by atoms with van der Waals surface area (Å²) in [5.74, 6) is -1.42. The van der Waals surface area contributed by atoms with Crippen molar-refractivity contribution in [2.75, 3.05) is 4.90 Å². The average Bonchev–Trinajstić information content (AvgIpc) is 3.40. The van der Waals surface area contributed by atoms with Crippen LogP contribution >= 0.6 is 0 Å². The van der Waals surface area contributed by atoms with E-state index in [0.29, 0.717) is 11.3 Å². The Morgan fingerprint density at radius 3 is 2.43 bits per heavy atom. The minimum absolute atomic E-state index is 0.0986. The molecule has 0 spiro atoms. The molecule has 3 aliphatic heterocycles. The Bertz CT molecular complexity index is 943. The van der Waals surface area contributed by atoms with E-state index in [0.717, 1.165) is 29.9 Å². The van der Waals surface area contributed by atoms with E-state index in [2.05, 4.69) is 5.10 Å². The van der Waals surface area contributed by atoms with E-state index in [4.69, 9.17) is 4.74 Å². The second-order valence-electron chi connectivity index (χ2n) is 7.45. The van der Waals surface area contributed by atoms with Crippen LogP contribution < -0.4 is 4.90 Å². The third-order valence-electron chi connectivity index (χ3n) is 5.76. The van der Waals surface area contributed by atoms with Crippen molar-refractivity contribution in [2.45, 2.75) is 37.8 Å². The summed E-state index contributed by atoms with van der Waals surface area (Å²) in [6, 6.07) is 4.98. The smallest absolute Gasteiger partial charge is 0.373 e. The number of benzene rings is 1. The van der Waals surface area contributed by atoms with Gasteiger partial charge >= 0.3 is 6.18 Å². The van der Waals surface area contributed by atoms with Gasteiger partial charge in [-0.15, -0.1) is 0 Å². The van der Waals surface area contributed by atoms with Gasteiger partial charge in [0.05, 0.1) is 48.0 Å². The Hall–Kier alpha value is -2.68. The Balaban J connectivity index is 1.37. The maximum Gasteiger partial charge on any atom is 0.416 e. The van der Waals surface area contributed by atoms with Gasteiger partial charge in [0.25, 0.3) is 0 Å². The van der Waals surface area contributed by atoms with E-state index in [-0.39, 0.29) is 30.6 Å². The molecule has 146 valence electrons. The van der Waals surface area contributed by atoms with Crippen LogP contribution in [0.1, 0.15) is 24.0 Å². The summed E-state index contributed by atoms with van der Waals surface area (Å²) in [6.45, 7) is 0.0986. The molecule has 0 saturated carbocycles. The summed E-state index contributed by atoms with van der Waals surface area (Å²) >= 11 is 0. The molecule has 9 heteroatoms. The molecule has 1 aromatic heterocycles. The minimum atomic E-state index is -4.42. The number of nitrogens with zero attached hydrogens (tertiary/aromatic N) is 3. The second-order valence-corrected chi connectivity index (χ2v) is 7.45. The van der Waals surface area contributed by atoms with Crippen LogP contribution in [0.5, 0.6) is 0 Å². The predicted molar refractivity (Wildman–Crippen MR) is 90.1 cm³/mol. The lowest BCUT2D eigenvalue weighted by molar-refractivity contribution is -0.137. The molecular formula is C19H16F3N3O3. The molecule has 0 N–H and O–H groups in total. The molecule has 1 aromatic carbocycles. The van der Waals surface area contributed by atoms with Crippen molar-refractivity contribution in [1.29, 1.82) is 0 Å². The number of fused-ring (bicyclic) bond motifs is 5. The molecule has 2 bridgehead atoms. The van der Waals surface area contributed by atoms with Crippen LogP contribution in [0.2, 0.25) is 0 Å². The molecule has 4 unspecified atom stereocenters. The molecule has 3 fully saturated rings. The molecule has 2 aromatic rings. The van der Waals surface area contributed by atoms with Crippen LogP contribution in [0.25, 0.3) is 0 Å². The van der Waals surface area contributed by atoms with Crippen molar-refractivity contribution in [3.05, 3.63) is 47.8 Å². The monoisotopic (exact) mass is 391 g/mol. The fourth-order valence-corrected chi connectivity index (χ4v) is 4.55. The highest BCUT2D eigenvalue weighted by Gasteiger charge is 2.62. The van der Waals surface area contributed by atoms with Gasteiger partial charge in [-0.2, -0.15) is 18.3 Å². The molecule has 28 heavy (non-hydrogen) atoms. The quantitative estimate of drug-likeness (QED) is 0.755. The lowest BCUT2D eigenvalue weighted by Crippen LogP contribution is -2.34. The molecular weight excluding hydrogens is 375 g/mol. The molecule has 5 rings (SSSR count). The van der Waals surface area contributed by atoms with Gasteiger partial charge in [0.15, 0.2) is 0 Å². The fraction of sp³-hybridized carbons (Fsp3) is 0.421. The molecule has 3 saturated heterocycles. The molecule has 6 nitrogen and oxygen atoms in total. The van der Waals surface area contributed by atoms with Crippen molar-refractivity contribution >= 4 is 17.5 Å². The number of aromatic nitrogens is 2. The highest BCUT2D eigenvalue weighted by molar-refractivity contribution is 6.22. The number of halogens is 3. The third-order valence-corrected chi connectivity index (χ3v) is 5.76. The summed E-state index contributed by atoms with van der Waals surface area (Å²) in [7, 11) is 0. The highest BCUT2D eigenvalue weighted by Crippen LogP contribution is 2.49. The van der Waals surface area contributed by atoms with E-state index in [1.165, 1.54) is 23.1 Å². The van der Waals surface area contributed by atoms with Gasteiger partial charge in [-0.3, -0.25) is 14.3 Å². The van der Waals surface area contributed by atoms with Crippen LogP contribution in [0, 0.1) is 11.8 Å². The number of imide groups is 1. The van der Waals surface area contributed by atoms with Crippen molar-refractivity contribution < 1.29 is 27.5 Å². The van der Waals surface area contributed by atoms with Crippen LogP contribution in [0.3, 0.4) is 0 Å². The normalized spacial score (nSPS) is 29.0. The number of hydrogen-bond donors (Lipinski definition) is 0. The maximum atomic E-state index is 12.9. The minimum Gasteiger partial charge on any atom is -0.373 e. The Labute approximate surface area is 157 Å². The Morgan fingerprint density at radius 1 is 1.11 bits per heavy atom. The van der Waals surface area contributed by atoms with Gasteiger partial charge < -0.3 is 4.74 Å². The van der Waals surface area contributed by atoms with Crippen LogP contribution in [0.15, 0.2) is 36.7 Å². The first-order valence-electron chi connectivity index (χ1n) is 9.05. The van der Waals surface area contributed by atoms with E-state index < -0.39 is 23.6 Å². The zero-order valence-electron chi connectivity index (χ0n) is 14.6. The number of ether oxygens (including phenoxy) is 1. The summed E-state index contributed by atoms with van der Waals surface area (Å²) < 4.78 is 45.7. The third kappa shape index (κ3) is 2.56. The van der Waals surface area contributed by atoms with Gasteiger partial charge in [0.1, 0.15) is 0 Å². The molecule has 0 aliphatic carbocycles. The fourth-order valence-electron chi connectivity index (χ4n) is 4.55. The number of rotatable bonds is 3. The van der Waals surface area contributed by atoms with E-state index in [1.807, 2.05) is 0 Å². The SMILES string of the molecule is O=C1C2C3CCC(O3)C2C(=O)N1c1cnn(Cc2cccc(C(F)(F)F)c2)c1. The van der Waals surface area contributed by atoms with Gasteiger partial charge in [0.2, 0.25) is 11.8 Å². The number of anilines is 1. The van der Waals surface area contributed by atoms with Gasteiger partial charge in [0, 0.05) is 6.20 Å². The molecule has 4 heterocycles. The van der Waals surface area contributed by atoms with Gasteiger partial charge in [-0.25, -0.2) is 4.90 Å². The standard InChI is InChI=1S/C19H16F3N3O3/c20-19(21,22)11-3-1-2-10(6-11)8-24-9-12(7-23-24)25-17(26)15-13-4-5-14(28-13)16(15)18(25)27/h1-3,6-7,9,13-16H,4-5,8H2. The maximum absolute atomic E-state index is 12.9. The van der Waals surface area contributed by atoms with Gasteiger partial charge in [-0.05, 0) is 30.5 Å². The van der Waals surface area contributed by atoms with E-state index in [9.17, 15) is 22.8 Å². The first kappa shape index (κ1) is 17.4. The van der Waals surface area contributed by atoms with Crippen molar-refractivity contribution in [3.8, 4) is 0 Å². The van der Waals surface area contributed by atoms with Crippen molar-refractivity contribution in [3.63, 3.8) is 0 Å². The number of hydrogen-bond acceptors (Lipinski definition) is 4. The van der Waals surface area contributed by atoms with Crippen LogP contribution in [0.4, 0.5) is 18.9 Å². The number of alkyl halides is 3. The number of carbonyl (C=O) groups is 2. The van der Waals surface area contributed by atoms with Crippen molar-refractivity contribution in [2.24, 2.45) is 11.8 Å². The van der Waals surface area contributed by atoms with E-state index >= 15 is 0 Å². The summed E-state index contributed by atoms with van der Waals surface area (Å²) in [5, 5.41) is 4.12. The van der Waals surface area contributed by atoms with Crippen LogP contribution in [-0.4, -0.2) is 33.8 Å². The average molecular weight is 391 g/mol. The molecule has 3 aliphatic rings. The largest absolute Gasteiger partial charge is 0.416 e. The van der Waals surface area contributed by atoms with E-state index in [1.54, 1.807) is 6.07 Å².